The zero-order chi connectivity index (χ0) is 18.6. The van der Waals surface area contributed by atoms with E-state index in [9.17, 15) is 8.42 Å². The van der Waals surface area contributed by atoms with Crippen LogP contribution < -0.4 is 0 Å². The molecule has 0 aromatic rings. The SMILES string of the molecule is CC/C=C\C/C=C\C/C=C\C/C=C\C/C=C\CC(CCOC)[SH](=O)=O. The Morgan fingerprint density at radius 2 is 1.20 bits per heavy atom. The van der Waals surface area contributed by atoms with E-state index in [2.05, 4.69) is 55.5 Å². The number of hydrogen-bond acceptors (Lipinski definition) is 3. The van der Waals surface area contributed by atoms with E-state index in [1.54, 1.807) is 7.11 Å². The zero-order valence-electron chi connectivity index (χ0n) is 15.7. The largest absolute Gasteiger partial charge is 0.385 e. The van der Waals surface area contributed by atoms with E-state index in [0.29, 0.717) is 19.4 Å². The zero-order valence-corrected chi connectivity index (χ0v) is 16.6. The molecule has 0 amide bonds. The van der Waals surface area contributed by atoms with Crippen LogP contribution in [0.3, 0.4) is 0 Å². The molecule has 0 radical (unpaired) electrons. The number of methoxy groups -OCH3 is 1. The summed E-state index contributed by atoms with van der Waals surface area (Å²) < 4.78 is 27.1. The molecule has 0 aromatic carbocycles. The van der Waals surface area contributed by atoms with Crippen molar-refractivity contribution in [1.29, 1.82) is 0 Å². The Balaban J connectivity index is 3.76. The van der Waals surface area contributed by atoms with Crippen molar-refractivity contribution in [1.82, 2.24) is 0 Å². The fourth-order valence-corrected chi connectivity index (χ4v) is 2.68. The van der Waals surface area contributed by atoms with Gasteiger partial charge < -0.3 is 4.74 Å². The van der Waals surface area contributed by atoms with Crippen LogP contribution in [0.15, 0.2) is 60.8 Å². The maximum atomic E-state index is 11.1. The number of thiol groups is 1. The molecule has 0 bridgehead atoms. The van der Waals surface area contributed by atoms with Crippen LogP contribution in [0.5, 0.6) is 0 Å². The fraction of sp³-hybridized carbons (Fsp3) is 0.524. The first-order chi connectivity index (χ1) is 12.2. The molecule has 0 aromatic heterocycles. The molecule has 1 atom stereocenters. The average Bonchev–Trinajstić information content (AvgIpc) is 2.60. The third-order valence-corrected chi connectivity index (χ3v) is 4.58. The minimum atomic E-state index is -2.39. The van der Waals surface area contributed by atoms with Crippen LogP contribution in [-0.2, 0) is 15.4 Å². The van der Waals surface area contributed by atoms with Crippen molar-refractivity contribution in [2.45, 2.75) is 57.1 Å². The third kappa shape index (κ3) is 17.2. The monoisotopic (exact) mass is 366 g/mol. The second-order valence-corrected chi connectivity index (χ2v) is 6.97. The summed E-state index contributed by atoms with van der Waals surface area (Å²) in [5.74, 6) is 0. The Bertz CT molecular complexity index is 503. The van der Waals surface area contributed by atoms with E-state index in [0.717, 1.165) is 32.1 Å². The first-order valence-corrected chi connectivity index (χ1v) is 10.3. The van der Waals surface area contributed by atoms with Crippen molar-refractivity contribution in [2.24, 2.45) is 0 Å². The lowest BCUT2D eigenvalue weighted by Gasteiger charge is -2.05. The molecule has 0 fully saturated rings. The van der Waals surface area contributed by atoms with Crippen molar-refractivity contribution >= 4 is 10.7 Å². The molecule has 142 valence electrons. The lowest BCUT2D eigenvalue weighted by molar-refractivity contribution is 0.194. The van der Waals surface area contributed by atoms with Crippen LogP contribution in [0.1, 0.15) is 51.9 Å². The van der Waals surface area contributed by atoms with Gasteiger partial charge in [-0.2, -0.15) is 0 Å². The number of ether oxygens (including phenoxy) is 1. The van der Waals surface area contributed by atoms with Crippen molar-refractivity contribution < 1.29 is 13.2 Å². The van der Waals surface area contributed by atoms with E-state index in [1.807, 2.05) is 12.2 Å². The Labute approximate surface area is 155 Å². The lowest BCUT2D eigenvalue weighted by Crippen LogP contribution is -2.11. The van der Waals surface area contributed by atoms with E-state index in [4.69, 9.17) is 4.74 Å². The topological polar surface area (TPSA) is 43.4 Å². The van der Waals surface area contributed by atoms with Gasteiger partial charge in [-0.15, -0.1) is 0 Å². The van der Waals surface area contributed by atoms with Gasteiger partial charge in [0.05, 0.1) is 5.25 Å². The smallest absolute Gasteiger partial charge is 0.143 e. The molecule has 3 nitrogen and oxygen atoms in total. The fourth-order valence-electron chi connectivity index (χ4n) is 2.07. The van der Waals surface area contributed by atoms with Gasteiger partial charge in [0.25, 0.3) is 0 Å². The molecule has 0 saturated carbocycles. The van der Waals surface area contributed by atoms with Gasteiger partial charge in [-0.3, -0.25) is 0 Å². The standard InChI is InChI=1S/C21H34O3S/c1-3-4-5-6-7-8-9-10-11-12-13-14-15-16-17-18-21(25(22)23)19-20-24-2/h4-5,7-8,10-11,13-14,16-17,21,25H,3,6,9,12,15,18-20H2,1-2H3/b5-4-,8-7-,11-10-,14-13-,17-16-. The molecule has 25 heavy (non-hydrogen) atoms. The summed E-state index contributed by atoms with van der Waals surface area (Å²) in [5, 5.41) is -0.316. The van der Waals surface area contributed by atoms with Crippen LogP contribution in [-0.4, -0.2) is 27.4 Å². The maximum absolute atomic E-state index is 11.1. The quantitative estimate of drug-likeness (QED) is 0.322. The average molecular weight is 367 g/mol. The molecule has 0 N–H and O–H groups in total. The summed E-state index contributed by atoms with van der Waals surface area (Å²) in [6.45, 7) is 2.62. The maximum Gasteiger partial charge on any atom is 0.143 e. The summed E-state index contributed by atoms with van der Waals surface area (Å²) >= 11 is 0. The summed E-state index contributed by atoms with van der Waals surface area (Å²) in [7, 11) is -0.797. The van der Waals surface area contributed by atoms with Gasteiger partial charge >= 0.3 is 0 Å². The minimum Gasteiger partial charge on any atom is -0.385 e. The van der Waals surface area contributed by atoms with Crippen molar-refractivity contribution in [2.75, 3.05) is 13.7 Å². The lowest BCUT2D eigenvalue weighted by atomic mass is 10.2. The number of hydrogen-bond donors (Lipinski definition) is 1. The van der Waals surface area contributed by atoms with Gasteiger partial charge in [-0.1, -0.05) is 67.7 Å². The van der Waals surface area contributed by atoms with E-state index in [1.165, 1.54) is 0 Å². The highest BCUT2D eigenvalue weighted by Gasteiger charge is 2.08. The number of rotatable bonds is 15. The Morgan fingerprint density at radius 3 is 1.60 bits per heavy atom. The molecule has 0 saturated heterocycles. The second-order valence-electron chi connectivity index (χ2n) is 5.66. The molecule has 0 heterocycles. The van der Waals surface area contributed by atoms with E-state index >= 15 is 0 Å². The highest BCUT2D eigenvalue weighted by atomic mass is 32.2. The van der Waals surface area contributed by atoms with Crippen LogP contribution in [0.2, 0.25) is 0 Å². The first-order valence-electron chi connectivity index (χ1n) is 9.09. The van der Waals surface area contributed by atoms with Crippen molar-refractivity contribution in [3.63, 3.8) is 0 Å². The second kappa shape index (κ2) is 18.9. The van der Waals surface area contributed by atoms with Crippen LogP contribution in [0, 0.1) is 0 Å². The third-order valence-electron chi connectivity index (χ3n) is 3.52. The summed E-state index contributed by atoms with van der Waals surface area (Å²) in [6, 6.07) is 0. The Hall–Kier alpha value is -1.39. The van der Waals surface area contributed by atoms with Crippen LogP contribution in [0.25, 0.3) is 0 Å². The summed E-state index contributed by atoms with van der Waals surface area (Å²) in [5.41, 5.74) is 0. The van der Waals surface area contributed by atoms with Crippen molar-refractivity contribution in [3.05, 3.63) is 60.8 Å². The van der Waals surface area contributed by atoms with Crippen LogP contribution in [0.4, 0.5) is 0 Å². The van der Waals surface area contributed by atoms with Gasteiger partial charge in [-0.25, -0.2) is 8.42 Å². The molecular formula is C21H34O3S. The van der Waals surface area contributed by atoms with Gasteiger partial charge in [0.15, 0.2) is 0 Å². The normalized spacial score (nSPS) is 14.4. The molecule has 0 aliphatic heterocycles. The molecule has 4 heteroatoms. The first kappa shape index (κ1) is 23.6. The highest BCUT2D eigenvalue weighted by molar-refractivity contribution is 7.73. The summed E-state index contributed by atoms with van der Waals surface area (Å²) in [4.78, 5) is 0. The van der Waals surface area contributed by atoms with Gasteiger partial charge in [-0.05, 0) is 44.9 Å². The van der Waals surface area contributed by atoms with Crippen LogP contribution >= 0.6 is 0 Å². The van der Waals surface area contributed by atoms with Gasteiger partial charge in [0.1, 0.15) is 10.7 Å². The predicted molar refractivity (Wildman–Crippen MR) is 110 cm³/mol. The summed E-state index contributed by atoms with van der Waals surface area (Å²) in [6.07, 6.45) is 27.3. The Kier molecular flexibility index (Phi) is 17.9. The van der Waals surface area contributed by atoms with Gasteiger partial charge in [0.2, 0.25) is 0 Å². The van der Waals surface area contributed by atoms with Crippen molar-refractivity contribution in [3.8, 4) is 0 Å². The minimum absolute atomic E-state index is 0.316. The number of allylic oxidation sites excluding steroid dienone is 10. The molecular weight excluding hydrogens is 332 g/mol. The van der Waals surface area contributed by atoms with Gasteiger partial charge in [0, 0.05) is 13.7 Å². The molecule has 0 spiro atoms. The van der Waals surface area contributed by atoms with E-state index in [-0.39, 0.29) is 5.25 Å². The molecule has 0 aliphatic rings. The molecule has 0 aliphatic carbocycles. The Morgan fingerprint density at radius 1 is 0.760 bits per heavy atom. The molecule has 0 rings (SSSR count). The predicted octanol–water partition coefficient (Wildman–Crippen LogP) is 5.14. The van der Waals surface area contributed by atoms with E-state index < -0.39 is 10.7 Å². The molecule has 1 unspecified atom stereocenters. The highest BCUT2D eigenvalue weighted by Crippen LogP contribution is 2.05.